The Morgan fingerprint density at radius 1 is 0.667 bits per heavy atom. The van der Waals surface area contributed by atoms with E-state index in [1.54, 1.807) is 0 Å². The maximum Gasteiger partial charge on any atom is 0.152 e. The highest BCUT2D eigenvalue weighted by Crippen LogP contribution is 2.30. The monoisotopic (exact) mass is 484 g/mol. The Hall–Kier alpha value is -2.88. The lowest BCUT2D eigenvalue weighted by molar-refractivity contribution is 0.537. The summed E-state index contributed by atoms with van der Waals surface area (Å²) in [5.41, 5.74) is 10.6. The van der Waals surface area contributed by atoms with Crippen LogP contribution in [0.5, 0.6) is 0 Å². The minimum Gasteiger partial charge on any atom is -0.382 e. The molecule has 0 saturated heterocycles. The Bertz CT molecular complexity index is 1200. The highest BCUT2D eigenvalue weighted by atomic mass is 15.1. The Morgan fingerprint density at radius 2 is 1.25 bits per heavy atom. The van der Waals surface area contributed by atoms with Crippen molar-refractivity contribution in [2.75, 3.05) is 5.73 Å². The zero-order valence-electron chi connectivity index (χ0n) is 22.2. The average molecular weight is 485 g/mol. The van der Waals surface area contributed by atoms with Gasteiger partial charge in [0.25, 0.3) is 0 Å². The molecular weight excluding hydrogens is 440 g/mol. The molecule has 0 aliphatic heterocycles. The van der Waals surface area contributed by atoms with Crippen LogP contribution in [0.15, 0.2) is 54.6 Å². The quantitative estimate of drug-likeness (QED) is 0.162. The molecule has 2 heterocycles. The Labute approximate surface area is 217 Å². The largest absolute Gasteiger partial charge is 0.382 e. The number of rotatable bonds is 16. The molecule has 4 rings (SSSR count). The van der Waals surface area contributed by atoms with Crippen LogP contribution in [0.3, 0.4) is 0 Å². The van der Waals surface area contributed by atoms with Gasteiger partial charge in [-0.15, -0.1) is 0 Å². The molecule has 4 heteroatoms. The molecule has 0 atom stereocenters. The third-order valence-electron chi connectivity index (χ3n) is 7.38. The molecule has 4 aromatic rings. The number of unbranched alkanes of at least 4 members (excludes halogenated alkanes) is 12. The number of aryl methyl sites for hydroxylation is 1. The van der Waals surface area contributed by atoms with Gasteiger partial charge in [0, 0.05) is 18.4 Å². The van der Waals surface area contributed by atoms with E-state index in [-0.39, 0.29) is 0 Å². The number of fused-ring (bicyclic) bond motifs is 3. The topological polar surface area (TPSA) is 56.7 Å². The molecule has 2 aromatic carbocycles. The lowest BCUT2D eigenvalue weighted by Crippen LogP contribution is -2.06. The second-order valence-electron chi connectivity index (χ2n) is 10.3. The van der Waals surface area contributed by atoms with E-state index >= 15 is 0 Å². The summed E-state index contributed by atoms with van der Waals surface area (Å²) in [5.74, 6) is 1.66. The molecule has 0 aliphatic carbocycles. The van der Waals surface area contributed by atoms with Crippen molar-refractivity contribution < 1.29 is 0 Å². The summed E-state index contributed by atoms with van der Waals surface area (Å²) in [4.78, 5) is 9.67. The van der Waals surface area contributed by atoms with E-state index in [2.05, 4.69) is 58.9 Å². The minimum absolute atomic E-state index is 0.530. The van der Waals surface area contributed by atoms with Crippen LogP contribution in [0.4, 0.5) is 5.82 Å². The number of nitrogens with zero attached hydrogens (tertiary/aromatic N) is 3. The molecule has 0 amide bonds. The number of aromatic nitrogens is 3. The lowest BCUT2D eigenvalue weighted by atomic mass is 10.0. The number of nitrogens with two attached hydrogens (primary N) is 1. The first kappa shape index (κ1) is 26.2. The predicted octanol–water partition coefficient (Wildman–Crippen LogP) is 8.85. The zero-order chi connectivity index (χ0) is 25.0. The SMILES string of the molecule is CCCCCCCCCCCCCCCc1nc2c(N)nc3ccccc3c2n1Cc1ccccc1. The number of anilines is 1. The molecule has 0 unspecified atom stereocenters. The van der Waals surface area contributed by atoms with Gasteiger partial charge in [-0.2, -0.15) is 0 Å². The summed E-state index contributed by atoms with van der Waals surface area (Å²) in [6.45, 7) is 3.09. The third kappa shape index (κ3) is 7.09. The smallest absolute Gasteiger partial charge is 0.152 e. The summed E-state index contributed by atoms with van der Waals surface area (Å²) in [5, 5.41) is 1.13. The van der Waals surface area contributed by atoms with E-state index in [4.69, 9.17) is 10.7 Å². The van der Waals surface area contributed by atoms with E-state index in [0.29, 0.717) is 5.82 Å². The fourth-order valence-corrected chi connectivity index (χ4v) is 5.33. The van der Waals surface area contributed by atoms with Crippen molar-refractivity contribution in [3.05, 3.63) is 66.0 Å². The fraction of sp³-hybridized carbons (Fsp3) is 0.500. The Balaban J connectivity index is 1.33. The maximum atomic E-state index is 6.39. The summed E-state index contributed by atoms with van der Waals surface area (Å²) >= 11 is 0. The molecule has 192 valence electrons. The van der Waals surface area contributed by atoms with Gasteiger partial charge in [-0.05, 0) is 18.1 Å². The molecular formula is C32H44N4. The number of hydrogen-bond acceptors (Lipinski definition) is 3. The average Bonchev–Trinajstić information content (AvgIpc) is 3.26. The van der Waals surface area contributed by atoms with Crippen LogP contribution in [0, 0.1) is 0 Å². The van der Waals surface area contributed by atoms with Crippen molar-refractivity contribution >= 4 is 27.8 Å². The summed E-state index contributed by atoms with van der Waals surface area (Å²) in [6.07, 6.45) is 18.8. The first-order valence-corrected chi connectivity index (χ1v) is 14.3. The molecule has 4 nitrogen and oxygen atoms in total. The Morgan fingerprint density at radius 3 is 1.92 bits per heavy atom. The van der Waals surface area contributed by atoms with E-state index in [9.17, 15) is 0 Å². The number of para-hydroxylation sites is 1. The number of hydrogen-bond donors (Lipinski definition) is 1. The van der Waals surface area contributed by atoms with E-state index in [1.807, 2.05) is 12.1 Å². The van der Waals surface area contributed by atoms with Crippen LogP contribution in [0.2, 0.25) is 0 Å². The first-order chi connectivity index (χ1) is 17.8. The second kappa shape index (κ2) is 14.0. The summed E-state index contributed by atoms with van der Waals surface area (Å²) in [6, 6.07) is 18.9. The zero-order valence-corrected chi connectivity index (χ0v) is 22.2. The molecule has 0 radical (unpaired) electrons. The van der Waals surface area contributed by atoms with Crippen LogP contribution in [-0.2, 0) is 13.0 Å². The number of benzene rings is 2. The van der Waals surface area contributed by atoms with Gasteiger partial charge in [0.2, 0.25) is 0 Å². The second-order valence-corrected chi connectivity index (χ2v) is 10.3. The van der Waals surface area contributed by atoms with Gasteiger partial charge in [-0.3, -0.25) is 0 Å². The van der Waals surface area contributed by atoms with Gasteiger partial charge in [-0.1, -0.05) is 133 Å². The van der Waals surface area contributed by atoms with Gasteiger partial charge < -0.3 is 10.3 Å². The molecule has 0 saturated carbocycles. The number of nitrogen functional groups attached to an aromatic ring is 1. The van der Waals surface area contributed by atoms with Gasteiger partial charge >= 0.3 is 0 Å². The van der Waals surface area contributed by atoms with Gasteiger partial charge in [0.05, 0.1) is 11.0 Å². The van der Waals surface area contributed by atoms with Crippen molar-refractivity contribution in [2.45, 2.75) is 103 Å². The van der Waals surface area contributed by atoms with Crippen LogP contribution in [0.1, 0.15) is 102 Å². The van der Waals surface area contributed by atoms with Crippen LogP contribution < -0.4 is 5.73 Å². The van der Waals surface area contributed by atoms with Crippen LogP contribution in [0.25, 0.3) is 21.9 Å². The van der Waals surface area contributed by atoms with Crippen LogP contribution in [-0.4, -0.2) is 14.5 Å². The highest BCUT2D eigenvalue weighted by molar-refractivity contribution is 6.06. The van der Waals surface area contributed by atoms with Gasteiger partial charge in [0.1, 0.15) is 11.3 Å². The predicted molar refractivity (Wildman–Crippen MR) is 154 cm³/mol. The van der Waals surface area contributed by atoms with Gasteiger partial charge in [0.15, 0.2) is 5.82 Å². The number of pyridine rings is 1. The maximum absolute atomic E-state index is 6.39. The molecule has 0 aliphatic rings. The molecule has 0 spiro atoms. The van der Waals surface area contributed by atoms with Crippen molar-refractivity contribution in [2.24, 2.45) is 0 Å². The van der Waals surface area contributed by atoms with Crippen molar-refractivity contribution in [3.63, 3.8) is 0 Å². The first-order valence-electron chi connectivity index (χ1n) is 14.3. The lowest BCUT2D eigenvalue weighted by Gasteiger charge is -2.11. The van der Waals surface area contributed by atoms with E-state index in [1.165, 1.54) is 89.0 Å². The molecule has 2 N–H and O–H groups in total. The van der Waals surface area contributed by atoms with Crippen molar-refractivity contribution in [1.82, 2.24) is 14.5 Å². The Kier molecular flexibility index (Phi) is 10.2. The van der Waals surface area contributed by atoms with E-state index < -0.39 is 0 Å². The third-order valence-corrected chi connectivity index (χ3v) is 7.38. The summed E-state index contributed by atoms with van der Waals surface area (Å²) in [7, 11) is 0. The normalized spacial score (nSPS) is 11.6. The van der Waals surface area contributed by atoms with Crippen LogP contribution >= 0.6 is 0 Å². The summed E-state index contributed by atoms with van der Waals surface area (Å²) < 4.78 is 2.38. The van der Waals surface area contributed by atoms with E-state index in [0.717, 1.165) is 40.7 Å². The highest BCUT2D eigenvalue weighted by Gasteiger charge is 2.17. The van der Waals surface area contributed by atoms with Crippen molar-refractivity contribution in [1.29, 1.82) is 0 Å². The molecule has 0 bridgehead atoms. The van der Waals surface area contributed by atoms with Gasteiger partial charge in [-0.25, -0.2) is 9.97 Å². The minimum atomic E-state index is 0.530. The number of imidazole rings is 1. The molecule has 0 fully saturated rings. The fourth-order valence-electron chi connectivity index (χ4n) is 5.33. The molecule has 36 heavy (non-hydrogen) atoms. The van der Waals surface area contributed by atoms with Crippen molar-refractivity contribution in [3.8, 4) is 0 Å². The standard InChI is InChI=1S/C32H44N4/c1-2-3-4-5-6-7-8-9-10-11-12-13-17-24-29-35-30-31(36(29)25-26-20-15-14-16-21-26)27-22-18-19-23-28(27)34-32(30)33/h14-16,18-23H,2-13,17,24-25H2,1H3,(H2,33,34). The molecule has 2 aromatic heterocycles.